The molecule has 1 heterocycles. The zero-order chi connectivity index (χ0) is 15.0. The summed E-state index contributed by atoms with van der Waals surface area (Å²) < 4.78 is 0. The number of nitrogens with zero attached hydrogens (tertiary/aromatic N) is 1. The fraction of sp³-hybridized carbons (Fsp3) is 0.588. The highest BCUT2D eigenvalue weighted by Crippen LogP contribution is 2.34. The molecule has 1 aliphatic carbocycles. The van der Waals surface area contributed by atoms with Gasteiger partial charge in [0.2, 0.25) is 5.91 Å². The molecule has 0 aromatic heterocycles. The van der Waals surface area contributed by atoms with Crippen LogP contribution in [-0.2, 0) is 4.79 Å². The molecular formula is C17H23ClN2O. The first-order valence-electron chi connectivity index (χ1n) is 7.88. The largest absolute Gasteiger partial charge is 0.321 e. The molecule has 2 fully saturated rings. The summed E-state index contributed by atoms with van der Waals surface area (Å²) in [5, 5.41) is 4.23. The van der Waals surface area contributed by atoms with E-state index in [2.05, 4.69) is 19.2 Å². The van der Waals surface area contributed by atoms with E-state index in [1.807, 2.05) is 29.2 Å². The van der Waals surface area contributed by atoms with Crippen LogP contribution in [0.1, 0.15) is 44.8 Å². The highest BCUT2D eigenvalue weighted by molar-refractivity contribution is 6.30. The molecule has 114 valence electrons. The van der Waals surface area contributed by atoms with E-state index in [9.17, 15) is 4.79 Å². The molecule has 2 aliphatic rings. The van der Waals surface area contributed by atoms with E-state index in [0.29, 0.717) is 11.8 Å². The Morgan fingerprint density at radius 3 is 2.71 bits per heavy atom. The highest BCUT2D eigenvalue weighted by atomic mass is 35.5. The Morgan fingerprint density at radius 2 is 2.14 bits per heavy atom. The SMILES string of the molecule is CC(C)C1NC(c2cccc(Cl)c2)N(CC2CCC2)C1=O. The number of halogens is 1. The van der Waals surface area contributed by atoms with E-state index in [0.717, 1.165) is 17.1 Å². The van der Waals surface area contributed by atoms with Gasteiger partial charge in [-0.25, -0.2) is 0 Å². The van der Waals surface area contributed by atoms with Crippen LogP contribution in [0.3, 0.4) is 0 Å². The van der Waals surface area contributed by atoms with Gasteiger partial charge in [0.15, 0.2) is 0 Å². The normalized spacial score (nSPS) is 26.5. The molecule has 2 unspecified atom stereocenters. The molecule has 0 radical (unpaired) electrons. The van der Waals surface area contributed by atoms with Gasteiger partial charge in [-0.05, 0) is 42.4 Å². The Morgan fingerprint density at radius 1 is 1.38 bits per heavy atom. The van der Waals surface area contributed by atoms with Crippen LogP contribution in [0.15, 0.2) is 24.3 Å². The zero-order valence-electron chi connectivity index (χ0n) is 12.7. The number of amides is 1. The van der Waals surface area contributed by atoms with Crippen molar-refractivity contribution in [3.05, 3.63) is 34.9 Å². The summed E-state index contributed by atoms with van der Waals surface area (Å²) >= 11 is 6.12. The van der Waals surface area contributed by atoms with Gasteiger partial charge in [-0.15, -0.1) is 0 Å². The van der Waals surface area contributed by atoms with Crippen molar-refractivity contribution in [2.24, 2.45) is 11.8 Å². The van der Waals surface area contributed by atoms with Gasteiger partial charge in [0.25, 0.3) is 0 Å². The summed E-state index contributed by atoms with van der Waals surface area (Å²) in [7, 11) is 0. The molecule has 21 heavy (non-hydrogen) atoms. The molecule has 1 aliphatic heterocycles. The summed E-state index contributed by atoms with van der Waals surface area (Å²) in [5.41, 5.74) is 1.08. The number of benzene rings is 1. The van der Waals surface area contributed by atoms with Crippen LogP contribution >= 0.6 is 11.6 Å². The number of carbonyl (C=O) groups excluding carboxylic acids is 1. The minimum atomic E-state index is -0.0888. The van der Waals surface area contributed by atoms with Crippen molar-refractivity contribution in [2.45, 2.75) is 45.3 Å². The van der Waals surface area contributed by atoms with Gasteiger partial charge in [-0.3, -0.25) is 10.1 Å². The molecule has 1 amide bonds. The van der Waals surface area contributed by atoms with Gasteiger partial charge in [0.05, 0.1) is 6.04 Å². The number of carbonyl (C=O) groups is 1. The Hall–Kier alpha value is -1.06. The van der Waals surface area contributed by atoms with Crippen molar-refractivity contribution in [1.29, 1.82) is 0 Å². The third-order valence-corrected chi connectivity index (χ3v) is 4.94. The minimum Gasteiger partial charge on any atom is -0.321 e. The predicted octanol–water partition coefficient (Wildman–Crippen LogP) is 3.60. The molecule has 0 spiro atoms. The molecule has 4 heteroatoms. The fourth-order valence-corrected chi connectivity index (χ4v) is 3.42. The Bertz CT molecular complexity index is 527. The van der Waals surface area contributed by atoms with E-state index in [1.54, 1.807) is 0 Å². The minimum absolute atomic E-state index is 0.0378. The van der Waals surface area contributed by atoms with Crippen molar-refractivity contribution < 1.29 is 4.79 Å². The molecule has 1 saturated heterocycles. The second-order valence-electron chi connectivity index (χ2n) is 6.63. The molecule has 1 N–H and O–H groups in total. The number of hydrogen-bond acceptors (Lipinski definition) is 2. The van der Waals surface area contributed by atoms with Crippen LogP contribution in [0, 0.1) is 11.8 Å². The first-order valence-corrected chi connectivity index (χ1v) is 8.26. The number of hydrogen-bond donors (Lipinski definition) is 1. The second-order valence-corrected chi connectivity index (χ2v) is 7.07. The summed E-state index contributed by atoms with van der Waals surface area (Å²) in [6.45, 7) is 5.06. The maximum Gasteiger partial charge on any atom is 0.241 e. The highest BCUT2D eigenvalue weighted by Gasteiger charge is 2.42. The average Bonchev–Trinajstić information content (AvgIpc) is 2.71. The lowest BCUT2D eigenvalue weighted by Gasteiger charge is -2.33. The van der Waals surface area contributed by atoms with Gasteiger partial charge < -0.3 is 4.90 Å². The van der Waals surface area contributed by atoms with E-state index in [-0.39, 0.29) is 18.1 Å². The molecule has 0 bridgehead atoms. The Labute approximate surface area is 131 Å². The molecule has 2 atom stereocenters. The van der Waals surface area contributed by atoms with Gasteiger partial charge in [0, 0.05) is 11.6 Å². The maximum atomic E-state index is 12.7. The van der Waals surface area contributed by atoms with Gasteiger partial charge >= 0.3 is 0 Å². The molecule has 1 aromatic rings. The van der Waals surface area contributed by atoms with E-state index < -0.39 is 0 Å². The number of rotatable bonds is 4. The summed E-state index contributed by atoms with van der Waals surface area (Å²) in [5.74, 6) is 1.20. The predicted molar refractivity (Wildman–Crippen MR) is 85.0 cm³/mol. The van der Waals surface area contributed by atoms with Crippen LogP contribution in [0.5, 0.6) is 0 Å². The summed E-state index contributed by atoms with van der Waals surface area (Å²) in [4.78, 5) is 14.7. The van der Waals surface area contributed by atoms with Crippen molar-refractivity contribution in [3.63, 3.8) is 0 Å². The van der Waals surface area contributed by atoms with E-state index in [1.165, 1.54) is 19.3 Å². The zero-order valence-corrected chi connectivity index (χ0v) is 13.4. The van der Waals surface area contributed by atoms with Crippen molar-refractivity contribution in [2.75, 3.05) is 6.54 Å². The van der Waals surface area contributed by atoms with Gasteiger partial charge in [-0.1, -0.05) is 44.0 Å². The van der Waals surface area contributed by atoms with Crippen LogP contribution in [0.4, 0.5) is 0 Å². The maximum absolute atomic E-state index is 12.7. The summed E-state index contributed by atoms with van der Waals surface area (Å²) in [6.07, 6.45) is 3.76. The quantitative estimate of drug-likeness (QED) is 0.922. The van der Waals surface area contributed by atoms with Crippen LogP contribution in [0.25, 0.3) is 0 Å². The summed E-state index contributed by atoms with van der Waals surface area (Å²) in [6, 6.07) is 7.75. The lowest BCUT2D eigenvalue weighted by molar-refractivity contribution is -0.131. The van der Waals surface area contributed by atoms with Gasteiger partial charge in [0.1, 0.15) is 6.17 Å². The third kappa shape index (κ3) is 2.95. The molecular weight excluding hydrogens is 284 g/mol. The third-order valence-electron chi connectivity index (χ3n) is 4.71. The standard InChI is InChI=1S/C17H23ClN2O/c1-11(2)15-17(21)20(10-12-5-3-6-12)16(19-15)13-7-4-8-14(18)9-13/h4,7-9,11-12,15-16,19H,3,5-6,10H2,1-2H3. The first-order chi connectivity index (χ1) is 10.1. The van der Waals surface area contributed by atoms with Crippen LogP contribution < -0.4 is 5.32 Å². The fourth-order valence-electron chi connectivity index (χ4n) is 3.22. The first kappa shape index (κ1) is 14.9. The lowest BCUT2D eigenvalue weighted by atomic mass is 9.85. The topological polar surface area (TPSA) is 32.3 Å². The molecule has 3 rings (SSSR count). The Balaban J connectivity index is 1.85. The second kappa shape index (κ2) is 5.98. The van der Waals surface area contributed by atoms with Gasteiger partial charge in [-0.2, -0.15) is 0 Å². The number of nitrogens with one attached hydrogen (secondary N) is 1. The average molecular weight is 307 g/mol. The van der Waals surface area contributed by atoms with Crippen LogP contribution in [-0.4, -0.2) is 23.4 Å². The Kier molecular flexibility index (Phi) is 4.23. The monoisotopic (exact) mass is 306 g/mol. The van der Waals surface area contributed by atoms with Crippen LogP contribution in [0.2, 0.25) is 5.02 Å². The molecule has 1 saturated carbocycles. The smallest absolute Gasteiger partial charge is 0.241 e. The van der Waals surface area contributed by atoms with Crippen molar-refractivity contribution in [1.82, 2.24) is 10.2 Å². The molecule has 3 nitrogen and oxygen atoms in total. The van der Waals surface area contributed by atoms with E-state index >= 15 is 0 Å². The molecule has 1 aromatic carbocycles. The van der Waals surface area contributed by atoms with Crippen molar-refractivity contribution >= 4 is 17.5 Å². The van der Waals surface area contributed by atoms with E-state index in [4.69, 9.17) is 11.6 Å². The van der Waals surface area contributed by atoms with Crippen molar-refractivity contribution in [3.8, 4) is 0 Å². The lowest BCUT2D eigenvalue weighted by Crippen LogP contribution is -2.38.